The minimum atomic E-state index is -1.07. The number of hydrogen-bond acceptors (Lipinski definition) is 3. The van der Waals surface area contributed by atoms with Gasteiger partial charge in [-0.1, -0.05) is 0 Å². The van der Waals surface area contributed by atoms with Crippen molar-refractivity contribution in [2.75, 3.05) is 13.7 Å². The number of ether oxygens (including phenoxy) is 1. The van der Waals surface area contributed by atoms with E-state index in [9.17, 15) is 9.59 Å². The van der Waals surface area contributed by atoms with Gasteiger partial charge in [0.15, 0.2) is 0 Å². The predicted molar refractivity (Wildman–Crippen MR) is 65.1 cm³/mol. The zero-order valence-corrected chi connectivity index (χ0v) is 10.3. The van der Waals surface area contributed by atoms with Crippen LogP contribution in [0.5, 0.6) is 5.75 Å². The number of rotatable bonds is 3. The summed E-state index contributed by atoms with van der Waals surface area (Å²) in [5.74, 6) is -0.832. The van der Waals surface area contributed by atoms with Crippen molar-refractivity contribution in [3.05, 3.63) is 29.3 Å². The third kappa shape index (κ3) is 2.16. The van der Waals surface area contributed by atoms with Gasteiger partial charge in [-0.05, 0) is 31.5 Å². The molecule has 1 amide bonds. The number of carboxylic acids is 1. The zero-order chi connectivity index (χ0) is 13.3. The Morgan fingerprint density at radius 2 is 2.00 bits per heavy atom. The third-order valence-electron chi connectivity index (χ3n) is 3.22. The van der Waals surface area contributed by atoms with Crippen LogP contribution in [0.4, 0.5) is 0 Å². The molecule has 5 heteroatoms. The average molecular weight is 249 g/mol. The summed E-state index contributed by atoms with van der Waals surface area (Å²) in [4.78, 5) is 24.9. The van der Waals surface area contributed by atoms with Crippen LogP contribution in [-0.4, -0.2) is 41.6 Å². The Morgan fingerprint density at radius 3 is 2.44 bits per heavy atom. The lowest BCUT2D eigenvalue weighted by atomic mass is 10.0. The zero-order valence-electron chi connectivity index (χ0n) is 10.3. The normalized spacial score (nSPS) is 18.1. The van der Waals surface area contributed by atoms with Crippen LogP contribution < -0.4 is 4.74 Å². The summed E-state index contributed by atoms with van der Waals surface area (Å²) in [6, 6.07) is 4.58. The molecule has 1 saturated heterocycles. The highest BCUT2D eigenvalue weighted by molar-refractivity contribution is 5.98. The Kier molecular flexibility index (Phi) is 3.23. The van der Waals surface area contributed by atoms with Gasteiger partial charge < -0.3 is 14.7 Å². The minimum absolute atomic E-state index is 0.0610. The molecule has 0 saturated carbocycles. The summed E-state index contributed by atoms with van der Waals surface area (Å²) in [6.07, 6.45) is 0.988. The molecule has 0 bridgehead atoms. The number of likely N-dealkylation sites (tertiary alicyclic amines) is 1. The molecule has 18 heavy (non-hydrogen) atoms. The highest BCUT2D eigenvalue weighted by atomic mass is 16.5. The second kappa shape index (κ2) is 4.68. The van der Waals surface area contributed by atoms with Crippen LogP contribution in [0.3, 0.4) is 0 Å². The number of aromatic carboxylic acids is 1. The SMILES string of the molecule is COc1cc(C(=O)O)cc(C(=O)N2CC[C@@H]2C)c1. The van der Waals surface area contributed by atoms with E-state index in [0.717, 1.165) is 13.0 Å². The second-order valence-corrected chi connectivity index (χ2v) is 4.39. The number of benzene rings is 1. The first-order valence-corrected chi connectivity index (χ1v) is 5.76. The fourth-order valence-corrected chi connectivity index (χ4v) is 1.95. The van der Waals surface area contributed by atoms with Gasteiger partial charge in [-0.3, -0.25) is 4.79 Å². The molecular formula is C13H15NO4. The van der Waals surface area contributed by atoms with Crippen LogP contribution in [-0.2, 0) is 0 Å². The molecule has 0 unspecified atom stereocenters. The van der Waals surface area contributed by atoms with E-state index >= 15 is 0 Å². The Morgan fingerprint density at radius 1 is 1.33 bits per heavy atom. The van der Waals surface area contributed by atoms with Crippen LogP contribution in [0.25, 0.3) is 0 Å². The van der Waals surface area contributed by atoms with Crippen molar-refractivity contribution < 1.29 is 19.4 Å². The summed E-state index contributed by atoms with van der Waals surface area (Å²) >= 11 is 0. The van der Waals surface area contributed by atoms with E-state index in [0.29, 0.717) is 11.3 Å². The summed E-state index contributed by atoms with van der Waals surface area (Å²) in [5, 5.41) is 8.99. The molecule has 0 aromatic heterocycles. The van der Waals surface area contributed by atoms with Gasteiger partial charge in [-0.15, -0.1) is 0 Å². The first kappa shape index (κ1) is 12.4. The van der Waals surface area contributed by atoms with Gasteiger partial charge in [0.25, 0.3) is 5.91 Å². The maximum absolute atomic E-state index is 12.2. The molecule has 0 radical (unpaired) electrons. The van der Waals surface area contributed by atoms with Crippen molar-refractivity contribution >= 4 is 11.9 Å². The van der Waals surface area contributed by atoms with Crippen molar-refractivity contribution in [2.24, 2.45) is 0 Å². The van der Waals surface area contributed by atoms with E-state index in [4.69, 9.17) is 9.84 Å². The van der Waals surface area contributed by atoms with Crippen molar-refractivity contribution in [3.63, 3.8) is 0 Å². The molecule has 1 aromatic carbocycles. The molecule has 96 valence electrons. The Balaban J connectivity index is 2.34. The molecule has 0 spiro atoms. The number of hydrogen-bond donors (Lipinski definition) is 1. The van der Waals surface area contributed by atoms with Crippen LogP contribution in [0.15, 0.2) is 18.2 Å². The average Bonchev–Trinajstić information content (AvgIpc) is 2.36. The maximum atomic E-state index is 12.2. The Labute approximate surface area is 105 Å². The van der Waals surface area contributed by atoms with E-state index in [2.05, 4.69) is 0 Å². The number of amides is 1. The third-order valence-corrected chi connectivity index (χ3v) is 3.22. The van der Waals surface area contributed by atoms with Gasteiger partial charge in [-0.25, -0.2) is 4.79 Å². The summed E-state index contributed by atoms with van der Waals surface area (Å²) in [7, 11) is 1.45. The van der Waals surface area contributed by atoms with E-state index in [1.54, 1.807) is 11.0 Å². The highest BCUT2D eigenvalue weighted by Gasteiger charge is 2.29. The summed E-state index contributed by atoms with van der Waals surface area (Å²) in [6.45, 7) is 2.69. The lowest BCUT2D eigenvalue weighted by Gasteiger charge is -2.38. The number of methoxy groups -OCH3 is 1. The largest absolute Gasteiger partial charge is 0.497 e. The standard InChI is InChI=1S/C13H15NO4/c1-8-3-4-14(8)12(15)9-5-10(13(16)17)7-11(6-9)18-2/h5-8H,3-4H2,1-2H3,(H,16,17)/t8-/m0/s1. The van der Waals surface area contributed by atoms with E-state index < -0.39 is 5.97 Å². The van der Waals surface area contributed by atoms with Crippen LogP contribution in [0.1, 0.15) is 34.1 Å². The van der Waals surface area contributed by atoms with E-state index in [1.807, 2.05) is 6.92 Å². The van der Waals surface area contributed by atoms with Gasteiger partial charge in [0.1, 0.15) is 5.75 Å². The quantitative estimate of drug-likeness (QED) is 0.884. The molecule has 1 fully saturated rings. The predicted octanol–water partition coefficient (Wildman–Crippen LogP) is 1.63. The molecule has 1 atom stereocenters. The van der Waals surface area contributed by atoms with Crippen molar-refractivity contribution in [1.82, 2.24) is 4.90 Å². The molecule has 1 N–H and O–H groups in total. The van der Waals surface area contributed by atoms with E-state index in [-0.39, 0.29) is 17.5 Å². The molecule has 0 aliphatic carbocycles. The molecule has 1 heterocycles. The van der Waals surface area contributed by atoms with E-state index in [1.165, 1.54) is 19.2 Å². The van der Waals surface area contributed by atoms with Gasteiger partial charge >= 0.3 is 5.97 Å². The molecule has 1 aromatic rings. The number of carbonyl (C=O) groups excluding carboxylic acids is 1. The topological polar surface area (TPSA) is 66.8 Å². The summed E-state index contributed by atoms with van der Waals surface area (Å²) in [5.41, 5.74) is 0.421. The van der Waals surface area contributed by atoms with Crippen molar-refractivity contribution in [1.29, 1.82) is 0 Å². The van der Waals surface area contributed by atoms with Crippen molar-refractivity contribution in [3.8, 4) is 5.75 Å². The monoisotopic (exact) mass is 249 g/mol. The molecule has 1 aliphatic rings. The van der Waals surface area contributed by atoms with Gasteiger partial charge in [-0.2, -0.15) is 0 Å². The Bertz CT molecular complexity index is 498. The molecular weight excluding hydrogens is 234 g/mol. The minimum Gasteiger partial charge on any atom is -0.497 e. The molecule has 2 rings (SSSR count). The maximum Gasteiger partial charge on any atom is 0.335 e. The fourth-order valence-electron chi connectivity index (χ4n) is 1.95. The first-order chi connectivity index (χ1) is 8.52. The molecule has 1 aliphatic heterocycles. The number of nitrogens with zero attached hydrogens (tertiary/aromatic N) is 1. The number of carbonyl (C=O) groups is 2. The van der Waals surface area contributed by atoms with Gasteiger partial charge in [0, 0.05) is 18.2 Å². The molecule has 5 nitrogen and oxygen atoms in total. The van der Waals surface area contributed by atoms with Crippen molar-refractivity contribution in [2.45, 2.75) is 19.4 Å². The lowest BCUT2D eigenvalue weighted by molar-refractivity contribution is 0.0502. The Hall–Kier alpha value is -2.04. The van der Waals surface area contributed by atoms with Gasteiger partial charge in [0.2, 0.25) is 0 Å². The summed E-state index contributed by atoms with van der Waals surface area (Å²) < 4.78 is 5.02. The second-order valence-electron chi connectivity index (χ2n) is 4.39. The van der Waals surface area contributed by atoms with Gasteiger partial charge in [0.05, 0.1) is 12.7 Å². The van der Waals surface area contributed by atoms with Crippen LogP contribution >= 0.6 is 0 Å². The smallest absolute Gasteiger partial charge is 0.335 e. The highest BCUT2D eigenvalue weighted by Crippen LogP contribution is 2.23. The van der Waals surface area contributed by atoms with Crippen LogP contribution in [0, 0.1) is 0 Å². The van der Waals surface area contributed by atoms with Crippen LogP contribution in [0.2, 0.25) is 0 Å². The fraction of sp³-hybridized carbons (Fsp3) is 0.385. The lowest BCUT2D eigenvalue weighted by Crippen LogP contribution is -2.49. The first-order valence-electron chi connectivity index (χ1n) is 5.76. The number of carboxylic acid groups (broad SMARTS) is 1.